The standard InChI is InChI=1S/C50H33F2N3/c51-38-13-9-19-42(31-38)53(40-15-3-1-4-16-40)44-24-22-36-29-48-47-26-25-46(54(41-17-5-2-6-18-41)43-20-10-14-39(52)32-43)33-50(47)55(49(48)30-37(36)28-44)45-23-21-34-11-7-8-12-35(34)27-45/h1-33H. The van der Waals surface area contributed by atoms with Gasteiger partial charge < -0.3 is 14.4 Å². The molecule has 0 unspecified atom stereocenters. The third kappa shape index (κ3) is 5.83. The molecule has 55 heavy (non-hydrogen) atoms. The van der Waals surface area contributed by atoms with Crippen molar-refractivity contribution in [2.75, 3.05) is 9.80 Å². The molecule has 262 valence electrons. The average molecular weight is 714 g/mol. The van der Waals surface area contributed by atoms with Crippen molar-refractivity contribution in [3.05, 3.63) is 212 Å². The summed E-state index contributed by atoms with van der Waals surface area (Å²) in [5.41, 5.74) is 8.30. The zero-order valence-electron chi connectivity index (χ0n) is 29.7. The van der Waals surface area contributed by atoms with Gasteiger partial charge in [-0.15, -0.1) is 0 Å². The zero-order chi connectivity index (χ0) is 36.9. The number of hydrogen-bond acceptors (Lipinski definition) is 2. The third-order valence-corrected chi connectivity index (χ3v) is 10.4. The van der Waals surface area contributed by atoms with Crippen LogP contribution in [0, 0.1) is 11.6 Å². The van der Waals surface area contributed by atoms with Gasteiger partial charge in [0.1, 0.15) is 11.6 Å². The largest absolute Gasteiger partial charge is 0.310 e. The van der Waals surface area contributed by atoms with Gasteiger partial charge in [-0.05, 0) is 131 Å². The highest BCUT2D eigenvalue weighted by molar-refractivity contribution is 6.15. The Labute approximate surface area is 317 Å². The minimum atomic E-state index is -0.293. The van der Waals surface area contributed by atoms with Gasteiger partial charge in [0.25, 0.3) is 0 Å². The molecule has 0 aliphatic rings. The normalized spacial score (nSPS) is 11.5. The van der Waals surface area contributed by atoms with Gasteiger partial charge in [-0.3, -0.25) is 0 Å². The first-order valence-corrected chi connectivity index (χ1v) is 18.3. The highest BCUT2D eigenvalue weighted by Gasteiger charge is 2.20. The van der Waals surface area contributed by atoms with E-state index in [0.29, 0.717) is 0 Å². The minimum absolute atomic E-state index is 0.288. The maximum Gasteiger partial charge on any atom is 0.125 e. The number of halogens is 2. The molecule has 0 saturated heterocycles. The van der Waals surface area contributed by atoms with E-state index in [9.17, 15) is 8.78 Å². The lowest BCUT2D eigenvalue weighted by molar-refractivity contribution is 0.627. The number of rotatable bonds is 7. The molecular formula is C50H33F2N3. The SMILES string of the molecule is Fc1cccc(N(c2ccccc2)c2ccc3cc4c5ccc(N(c6ccccc6)c6cccc(F)c6)cc5n(-c5ccc6ccccc6c5)c4cc3c2)c1. The number of nitrogens with zero attached hydrogens (tertiary/aromatic N) is 3. The molecule has 0 aliphatic carbocycles. The minimum Gasteiger partial charge on any atom is -0.310 e. The van der Waals surface area contributed by atoms with E-state index in [4.69, 9.17) is 0 Å². The van der Waals surface area contributed by atoms with Crippen LogP contribution < -0.4 is 9.80 Å². The first kappa shape index (κ1) is 32.4. The summed E-state index contributed by atoms with van der Waals surface area (Å²) in [4.78, 5) is 4.18. The highest BCUT2D eigenvalue weighted by atomic mass is 19.1. The number of aromatic nitrogens is 1. The van der Waals surface area contributed by atoms with Crippen LogP contribution in [0.25, 0.3) is 49.0 Å². The van der Waals surface area contributed by atoms with E-state index in [0.717, 1.165) is 77.8 Å². The molecule has 0 spiro atoms. The maximum atomic E-state index is 14.7. The van der Waals surface area contributed by atoms with Crippen molar-refractivity contribution in [3.63, 3.8) is 0 Å². The summed E-state index contributed by atoms with van der Waals surface area (Å²) in [5, 5.41) is 6.69. The molecule has 1 aromatic heterocycles. The van der Waals surface area contributed by atoms with Crippen LogP contribution >= 0.6 is 0 Å². The van der Waals surface area contributed by atoms with Gasteiger partial charge >= 0.3 is 0 Å². The number of hydrogen-bond donors (Lipinski definition) is 0. The van der Waals surface area contributed by atoms with Crippen LogP contribution in [0.3, 0.4) is 0 Å². The van der Waals surface area contributed by atoms with Crippen LogP contribution in [0.1, 0.15) is 0 Å². The summed E-state index contributed by atoms with van der Waals surface area (Å²) in [7, 11) is 0. The Bertz CT molecular complexity index is 3030. The molecule has 0 aliphatic heterocycles. The molecule has 0 fully saturated rings. The fraction of sp³-hybridized carbons (Fsp3) is 0. The van der Waals surface area contributed by atoms with Crippen LogP contribution in [-0.2, 0) is 0 Å². The van der Waals surface area contributed by atoms with E-state index in [1.807, 2.05) is 72.8 Å². The Hall–Kier alpha value is -7.24. The van der Waals surface area contributed by atoms with Crippen LogP contribution in [0.15, 0.2) is 200 Å². The van der Waals surface area contributed by atoms with Crippen LogP contribution in [0.2, 0.25) is 0 Å². The Morgan fingerprint density at radius 3 is 1.47 bits per heavy atom. The second kappa shape index (κ2) is 13.3. The fourth-order valence-corrected chi connectivity index (χ4v) is 7.89. The molecular weight excluding hydrogens is 681 g/mol. The lowest BCUT2D eigenvalue weighted by atomic mass is 10.0. The Balaban J connectivity index is 1.23. The van der Waals surface area contributed by atoms with E-state index in [-0.39, 0.29) is 11.6 Å². The second-order valence-corrected chi connectivity index (χ2v) is 13.8. The lowest BCUT2D eigenvalue weighted by Gasteiger charge is -2.25. The summed E-state index contributed by atoms with van der Waals surface area (Å²) < 4.78 is 31.7. The zero-order valence-corrected chi connectivity index (χ0v) is 29.7. The Morgan fingerprint density at radius 2 is 0.818 bits per heavy atom. The predicted molar refractivity (Wildman–Crippen MR) is 225 cm³/mol. The number of anilines is 6. The van der Waals surface area contributed by atoms with Crippen molar-refractivity contribution >= 4 is 77.5 Å². The first-order valence-electron chi connectivity index (χ1n) is 18.3. The molecule has 0 atom stereocenters. The van der Waals surface area contributed by atoms with Crippen LogP contribution in [0.4, 0.5) is 42.9 Å². The van der Waals surface area contributed by atoms with Gasteiger partial charge in [0.15, 0.2) is 0 Å². The van der Waals surface area contributed by atoms with Crippen molar-refractivity contribution in [2.24, 2.45) is 0 Å². The molecule has 0 radical (unpaired) electrons. The van der Waals surface area contributed by atoms with E-state index in [2.05, 4.69) is 105 Å². The molecule has 10 aromatic rings. The summed E-state index contributed by atoms with van der Waals surface area (Å²) in [5.74, 6) is -0.581. The first-order chi connectivity index (χ1) is 27.1. The quantitative estimate of drug-likeness (QED) is 0.163. The molecule has 10 rings (SSSR count). The Kier molecular flexibility index (Phi) is 7.85. The molecule has 0 N–H and O–H groups in total. The van der Waals surface area contributed by atoms with Crippen LogP contribution in [-0.4, -0.2) is 4.57 Å². The van der Waals surface area contributed by atoms with E-state index in [1.165, 1.54) is 17.5 Å². The van der Waals surface area contributed by atoms with Crippen molar-refractivity contribution in [1.82, 2.24) is 4.57 Å². The molecule has 3 nitrogen and oxygen atoms in total. The molecule has 0 bridgehead atoms. The number of para-hydroxylation sites is 2. The van der Waals surface area contributed by atoms with Gasteiger partial charge in [-0.25, -0.2) is 8.78 Å². The van der Waals surface area contributed by atoms with Gasteiger partial charge in [-0.2, -0.15) is 0 Å². The number of benzene rings is 9. The van der Waals surface area contributed by atoms with Crippen molar-refractivity contribution in [1.29, 1.82) is 0 Å². The van der Waals surface area contributed by atoms with Gasteiger partial charge in [0, 0.05) is 50.6 Å². The number of fused-ring (bicyclic) bond motifs is 5. The van der Waals surface area contributed by atoms with E-state index in [1.54, 1.807) is 24.3 Å². The summed E-state index contributed by atoms with van der Waals surface area (Å²) >= 11 is 0. The third-order valence-electron chi connectivity index (χ3n) is 10.4. The second-order valence-electron chi connectivity index (χ2n) is 13.8. The van der Waals surface area contributed by atoms with E-state index >= 15 is 0 Å². The van der Waals surface area contributed by atoms with Crippen molar-refractivity contribution in [2.45, 2.75) is 0 Å². The van der Waals surface area contributed by atoms with Crippen molar-refractivity contribution < 1.29 is 8.78 Å². The van der Waals surface area contributed by atoms with E-state index < -0.39 is 0 Å². The van der Waals surface area contributed by atoms with Crippen LogP contribution in [0.5, 0.6) is 0 Å². The average Bonchev–Trinajstić information content (AvgIpc) is 3.53. The maximum absolute atomic E-state index is 14.7. The smallest absolute Gasteiger partial charge is 0.125 e. The Morgan fingerprint density at radius 1 is 0.309 bits per heavy atom. The molecule has 0 saturated carbocycles. The molecule has 9 aromatic carbocycles. The van der Waals surface area contributed by atoms with Crippen molar-refractivity contribution in [3.8, 4) is 5.69 Å². The predicted octanol–water partition coefficient (Wildman–Crippen LogP) is 14.3. The summed E-state index contributed by atoms with van der Waals surface area (Å²) in [6.07, 6.45) is 0. The lowest BCUT2D eigenvalue weighted by Crippen LogP contribution is -2.10. The van der Waals surface area contributed by atoms with Gasteiger partial charge in [-0.1, -0.05) is 91.0 Å². The van der Waals surface area contributed by atoms with Gasteiger partial charge in [0.2, 0.25) is 0 Å². The fourth-order valence-electron chi connectivity index (χ4n) is 7.89. The summed E-state index contributed by atoms with van der Waals surface area (Å²) in [6, 6.07) is 66.0. The topological polar surface area (TPSA) is 11.4 Å². The highest BCUT2D eigenvalue weighted by Crippen LogP contribution is 2.42. The monoisotopic (exact) mass is 713 g/mol. The van der Waals surface area contributed by atoms with Gasteiger partial charge in [0.05, 0.1) is 11.0 Å². The molecule has 1 heterocycles. The molecule has 5 heteroatoms. The summed E-state index contributed by atoms with van der Waals surface area (Å²) in [6.45, 7) is 0. The molecule has 0 amide bonds.